The van der Waals surface area contributed by atoms with Crippen LogP contribution >= 0.6 is 7.82 Å². The van der Waals surface area contributed by atoms with Gasteiger partial charge in [-0.2, -0.15) is 0 Å². The Morgan fingerprint density at radius 3 is 1.96 bits per heavy atom. The van der Waals surface area contributed by atoms with E-state index in [4.69, 9.17) is 19.3 Å². The third-order valence-electron chi connectivity index (χ3n) is 3.13. The van der Waals surface area contributed by atoms with Gasteiger partial charge in [0.2, 0.25) is 0 Å². The minimum Gasteiger partial charge on any atom is -0.462 e. The monoisotopic (exact) mass is 368 g/mol. The van der Waals surface area contributed by atoms with Crippen molar-refractivity contribution in [2.75, 3.05) is 13.2 Å². The van der Waals surface area contributed by atoms with Crippen molar-refractivity contribution in [3.05, 3.63) is 0 Å². The summed E-state index contributed by atoms with van der Waals surface area (Å²) >= 11 is 0. The number of unbranched alkanes of at least 4 members (excludes halogenated alkanes) is 4. The van der Waals surface area contributed by atoms with Crippen LogP contribution in [0.5, 0.6) is 0 Å². The normalized spacial score (nSPS) is 12.7. The molecule has 9 heteroatoms. The van der Waals surface area contributed by atoms with Crippen molar-refractivity contribution in [3.8, 4) is 0 Å². The van der Waals surface area contributed by atoms with Crippen LogP contribution in [0.2, 0.25) is 0 Å². The quantitative estimate of drug-likeness (QED) is 0.273. The molecule has 0 aromatic rings. The molecule has 1 atom stereocenters. The first-order valence-electron chi connectivity index (χ1n) is 8.33. The Balaban J connectivity index is 4.33. The molecule has 0 amide bonds. The lowest BCUT2D eigenvalue weighted by atomic mass is 10.2. The second-order valence-electron chi connectivity index (χ2n) is 5.50. The van der Waals surface area contributed by atoms with Crippen LogP contribution in [0.3, 0.4) is 0 Å². The van der Waals surface area contributed by atoms with Crippen LogP contribution in [0.25, 0.3) is 0 Å². The lowest BCUT2D eigenvalue weighted by Crippen LogP contribution is -2.29. The van der Waals surface area contributed by atoms with E-state index in [0.29, 0.717) is 12.8 Å². The van der Waals surface area contributed by atoms with E-state index in [1.165, 1.54) is 0 Å². The van der Waals surface area contributed by atoms with Crippen molar-refractivity contribution < 1.29 is 37.9 Å². The number of rotatable bonds is 14. The minimum absolute atomic E-state index is 0.199. The Morgan fingerprint density at radius 1 is 0.917 bits per heavy atom. The van der Waals surface area contributed by atoms with Crippen molar-refractivity contribution in [3.63, 3.8) is 0 Å². The highest BCUT2D eigenvalue weighted by Gasteiger charge is 2.22. The molecule has 0 radical (unpaired) electrons. The van der Waals surface area contributed by atoms with Crippen molar-refractivity contribution in [1.82, 2.24) is 0 Å². The molecule has 2 N–H and O–H groups in total. The van der Waals surface area contributed by atoms with E-state index in [1.807, 2.05) is 13.8 Å². The summed E-state index contributed by atoms with van der Waals surface area (Å²) in [6.07, 6.45) is 4.50. The zero-order chi connectivity index (χ0) is 18.4. The summed E-state index contributed by atoms with van der Waals surface area (Å²) in [6, 6.07) is 0. The van der Waals surface area contributed by atoms with Gasteiger partial charge in [-0.3, -0.25) is 14.1 Å². The van der Waals surface area contributed by atoms with Gasteiger partial charge in [0.05, 0.1) is 6.61 Å². The van der Waals surface area contributed by atoms with E-state index in [9.17, 15) is 14.2 Å². The Kier molecular flexibility index (Phi) is 12.8. The van der Waals surface area contributed by atoms with E-state index < -0.39 is 32.5 Å². The van der Waals surface area contributed by atoms with Crippen molar-refractivity contribution in [2.24, 2.45) is 0 Å². The van der Waals surface area contributed by atoms with Crippen molar-refractivity contribution in [2.45, 2.75) is 71.3 Å². The Labute approximate surface area is 143 Å². The van der Waals surface area contributed by atoms with Gasteiger partial charge in [-0.25, -0.2) is 4.57 Å². The van der Waals surface area contributed by atoms with Crippen molar-refractivity contribution in [1.29, 1.82) is 0 Å². The minimum atomic E-state index is -4.69. The number of phosphoric acid groups is 1. The molecule has 0 bridgehead atoms. The summed E-state index contributed by atoms with van der Waals surface area (Å²) < 4.78 is 25.2. The number of hydrogen-bond donors (Lipinski definition) is 2. The summed E-state index contributed by atoms with van der Waals surface area (Å²) in [4.78, 5) is 40.7. The van der Waals surface area contributed by atoms with E-state index in [1.54, 1.807) is 0 Å². The summed E-state index contributed by atoms with van der Waals surface area (Å²) in [5, 5.41) is 0. The molecule has 0 aromatic carbocycles. The number of ether oxygens (including phenoxy) is 2. The lowest BCUT2D eigenvalue weighted by molar-refractivity contribution is -0.161. The fourth-order valence-corrected chi connectivity index (χ4v) is 2.20. The first-order chi connectivity index (χ1) is 11.3. The smallest absolute Gasteiger partial charge is 0.462 e. The molecule has 0 saturated heterocycles. The van der Waals surface area contributed by atoms with Crippen LogP contribution in [0.4, 0.5) is 0 Å². The zero-order valence-corrected chi connectivity index (χ0v) is 15.3. The van der Waals surface area contributed by atoms with Crippen molar-refractivity contribution >= 4 is 19.8 Å². The maximum absolute atomic E-state index is 11.7. The van der Waals surface area contributed by atoms with Gasteiger partial charge in [0, 0.05) is 12.8 Å². The molecule has 8 nitrogen and oxygen atoms in total. The van der Waals surface area contributed by atoms with Gasteiger partial charge in [0.25, 0.3) is 0 Å². The molecule has 0 saturated carbocycles. The number of carbonyl (C=O) groups excluding carboxylic acids is 2. The first-order valence-corrected chi connectivity index (χ1v) is 9.86. The standard InChI is InChI=1S/C15H29O8P/c1-3-5-7-9-14(16)21-11-13(12-22-24(18,19)20)23-15(17)10-8-6-4-2/h13H,3-12H2,1-2H3,(H2,18,19,20)/t13-/m1/s1. The second kappa shape index (κ2) is 13.4. The Bertz CT molecular complexity index is 406. The molecule has 0 aliphatic rings. The third kappa shape index (κ3) is 14.6. The van der Waals surface area contributed by atoms with Gasteiger partial charge >= 0.3 is 19.8 Å². The number of phosphoric ester groups is 1. The largest absolute Gasteiger partial charge is 0.469 e. The molecule has 0 spiro atoms. The van der Waals surface area contributed by atoms with Crippen LogP contribution in [-0.2, 0) is 28.2 Å². The molecular formula is C15H29O8P. The third-order valence-corrected chi connectivity index (χ3v) is 3.61. The molecule has 0 aliphatic heterocycles. The van der Waals surface area contributed by atoms with Gasteiger partial charge in [0.15, 0.2) is 6.10 Å². The average molecular weight is 368 g/mol. The molecule has 0 fully saturated rings. The first kappa shape index (κ1) is 23.1. The fraction of sp³-hybridized carbons (Fsp3) is 0.867. The van der Waals surface area contributed by atoms with E-state index >= 15 is 0 Å². The average Bonchev–Trinajstić information content (AvgIpc) is 2.49. The predicted octanol–water partition coefficient (Wildman–Crippen LogP) is 2.71. The highest BCUT2D eigenvalue weighted by Crippen LogP contribution is 2.35. The number of carbonyl (C=O) groups is 2. The molecule has 0 aromatic heterocycles. The highest BCUT2D eigenvalue weighted by molar-refractivity contribution is 7.46. The van der Waals surface area contributed by atoms with Gasteiger partial charge in [-0.15, -0.1) is 0 Å². The van der Waals surface area contributed by atoms with Crippen LogP contribution in [0.1, 0.15) is 65.2 Å². The fourth-order valence-electron chi connectivity index (χ4n) is 1.84. The lowest BCUT2D eigenvalue weighted by Gasteiger charge is -2.18. The SMILES string of the molecule is CCCCCC(=O)OC[C@H](COP(=O)(O)O)OC(=O)CCCCC. The summed E-state index contributed by atoms with van der Waals surface area (Å²) in [5.74, 6) is -0.948. The van der Waals surface area contributed by atoms with Crippen LogP contribution in [0.15, 0.2) is 0 Å². The highest BCUT2D eigenvalue weighted by atomic mass is 31.2. The Morgan fingerprint density at radius 2 is 1.46 bits per heavy atom. The van der Waals surface area contributed by atoms with Crippen LogP contribution in [0, 0.1) is 0 Å². The van der Waals surface area contributed by atoms with Gasteiger partial charge < -0.3 is 19.3 Å². The molecular weight excluding hydrogens is 339 g/mol. The predicted molar refractivity (Wildman–Crippen MR) is 87.1 cm³/mol. The van der Waals surface area contributed by atoms with E-state index in [-0.39, 0.29) is 19.4 Å². The molecule has 0 aliphatic carbocycles. The molecule has 142 valence electrons. The number of esters is 2. The van der Waals surface area contributed by atoms with E-state index in [0.717, 1.165) is 25.7 Å². The van der Waals surface area contributed by atoms with Gasteiger partial charge in [0.1, 0.15) is 6.61 Å². The maximum Gasteiger partial charge on any atom is 0.469 e. The summed E-state index contributed by atoms with van der Waals surface area (Å²) in [6.45, 7) is 3.19. The maximum atomic E-state index is 11.7. The van der Waals surface area contributed by atoms with Crippen LogP contribution in [-0.4, -0.2) is 41.0 Å². The van der Waals surface area contributed by atoms with Gasteiger partial charge in [-0.05, 0) is 12.8 Å². The molecule has 24 heavy (non-hydrogen) atoms. The van der Waals surface area contributed by atoms with Gasteiger partial charge in [-0.1, -0.05) is 39.5 Å². The summed E-state index contributed by atoms with van der Waals surface area (Å²) in [5.41, 5.74) is 0. The molecule has 0 unspecified atom stereocenters. The second-order valence-corrected chi connectivity index (χ2v) is 6.73. The van der Waals surface area contributed by atoms with E-state index in [2.05, 4.69) is 4.52 Å². The zero-order valence-electron chi connectivity index (χ0n) is 14.4. The molecule has 0 rings (SSSR count). The molecule has 0 heterocycles. The topological polar surface area (TPSA) is 119 Å². The Hall–Kier alpha value is -0.950. The number of hydrogen-bond acceptors (Lipinski definition) is 6. The summed E-state index contributed by atoms with van der Waals surface area (Å²) in [7, 11) is -4.69. The van der Waals surface area contributed by atoms with Crippen LogP contribution < -0.4 is 0 Å².